The predicted octanol–water partition coefficient (Wildman–Crippen LogP) is 2.33. The fourth-order valence-electron chi connectivity index (χ4n) is 1.89. The van der Waals surface area contributed by atoms with Crippen molar-refractivity contribution in [1.29, 1.82) is 0 Å². The minimum Gasteiger partial charge on any atom is -0.464 e. The second-order valence-electron chi connectivity index (χ2n) is 4.41. The van der Waals surface area contributed by atoms with E-state index in [1.54, 1.807) is 6.92 Å². The molecule has 0 aliphatic heterocycles. The predicted molar refractivity (Wildman–Crippen MR) is 67.0 cm³/mol. The Labute approximate surface area is 102 Å². The Morgan fingerprint density at radius 1 is 1.29 bits per heavy atom. The van der Waals surface area contributed by atoms with E-state index in [2.05, 4.69) is 6.07 Å². The van der Waals surface area contributed by atoms with E-state index >= 15 is 0 Å². The van der Waals surface area contributed by atoms with Crippen LogP contribution in [0.25, 0.3) is 0 Å². The van der Waals surface area contributed by atoms with E-state index in [1.807, 2.05) is 32.9 Å². The van der Waals surface area contributed by atoms with Crippen LogP contribution in [0.4, 0.5) is 0 Å². The van der Waals surface area contributed by atoms with Gasteiger partial charge >= 0.3 is 5.97 Å². The molecule has 2 unspecified atom stereocenters. The molecule has 3 nitrogen and oxygen atoms in total. The average molecular weight is 236 g/mol. The highest BCUT2D eigenvalue weighted by Crippen LogP contribution is 2.22. The molecule has 3 heteroatoms. The molecular formula is C14H20O3. The molecule has 1 N–H and O–H groups in total. The topological polar surface area (TPSA) is 46.5 Å². The summed E-state index contributed by atoms with van der Waals surface area (Å²) in [6.07, 6.45) is -1.10. The van der Waals surface area contributed by atoms with Crippen molar-refractivity contribution in [3.63, 3.8) is 0 Å². The zero-order valence-corrected chi connectivity index (χ0v) is 10.9. The summed E-state index contributed by atoms with van der Waals surface area (Å²) in [7, 11) is 0. The number of aryl methyl sites for hydroxylation is 2. The lowest BCUT2D eigenvalue weighted by Crippen LogP contribution is -2.28. The van der Waals surface area contributed by atoms with E-state index in [-0.39, 0.29) is 12.5 Å². The first-order valence-electron chi connectivity index (χ1n) is 5.88. The molecule has 1 rings (SSSR count). The lowest BCUT2D eigenvalue weighted by Gasteiger charge is -2.18. The standard InChI is InChI=1S/C14H20O3/c1-5-17-14(16)13(15)11(4)12-7-9(2)6-10(3)8-12/h6-8,11,13,15H,5H2,1-4H3. The maximum absolute atomic E-state index is 11.5. The highest BCUT2D eigenvalue weighted by Gasteiger charge is 2.25. The van der Waals surface area contributed by atoms with Crippen LogP contribution in [-0.4, -0.2) is 23.8 Å². The first kappa shape index (κ1) is 13.7. The maximum atomic E-state index is 11.5. The van der Waals surface area contributed by atoms with Gasteiger partial charge in [-0.25, -0.2) is 4.79 Å². The van der Waals surface area contributed by atoms with Crippen LogP contribution in [0.1, 0.15) is 36.5 Å². The van der Waals surface area contributed by atoms with Crippen LogP contribution in [0.15, 0.2) is 18.2 Å². The molecule has 1 aromatic carbocycles. The number of benzene rings is 1. The monoisotopic (exact) mass is 236 g/mol. The molecule has 17 heavy (non-hydrogen) atoms. The van der Waals surface area contributed by atoms with Crippen molar-refractivity contribution in [3.8, 4) is 0 Å². The van der Waals surface area contributed by atoms with Gasteiger partial charge < -0.3 is 9.84 Å². The van der Waals surface area contributed by atoms with E-state index in [0.29, 0.717) is 0 Å². The van der Waals surface area contributed by atoms with Crippen molar-refractivity contribution >= 4 is 5.97 Å². The SMILES string of the molecule is CCOC(=O)C(O)C(C)c1cc(C)cc(C)c1. The fraction of sp³-hybridized carbons (Fsp3) is 0.500. The molecule has 0 aliphatic rings. The molecular weight excluding hydrogens is 216 g/mol. The van der Waals surface area contributed by atoms with Crippen LogP contribution in [0.3, 0.4) is 0 Å². The number of hydrogen-bond acceptors (Lipinski definition) is 3. The quantitative estimate of drug-likeness (QED) is 0.816. The second-order valence-corrected chi connectivity index (χ2v) is 4.41. The molecule has 2 atom stereocenters. The summed E-state index contributed by atoms with van der Waals surface area (Å²) in [5.74, 6) is -0.813. The van der Waals surface area contributed by atoms with E-state index in [0.717, 1.165) is 16.7 Å². The normalized spacial score (nSPS) is 14.2. The number of carbonyl (C=O) groups excluding carboxylic acids is 1. The minimum atomic E-state index is -1.10. The third-order valence-electron chi connectivity index (χ3n) is 2.77. The molecule has 0 aromatic heterocycles. The van der Waals surface area contributed by atoms with Crippen molar-refractivity contribution in [2.75, 3.05) is 6.61 Å². The Kier molecular flexibility index (Phi) is 4.70. The summed E-state index contributed by atoms with van der Waals surface area (Å²) in [6.45, 7) is 7.84. The Morgan fingerprint density at radius 2 is 1.82 bits per heavy atom. The Bertz CT molecular complexity index is 378. The van der Waals surface area contributed by atoms with Crippen LogP contribution in [-0.2, 0) is 9.53 Å². The van der Waals surface area contributed by atoms with E-state index in [4.69, 9.17) is 4.74 Å². The van der Waals surface area contributed by atoms with Crippen molar-refractivity contribution in [2.24, 2.45) is 0 Å². The molecule has 1 aromatic rings. The third-order valence-corrected chi connectivity index (χ3v) is 2.77. The van der Waals surface area contributed by atoms with Gasteiger partial charge in [-0.3, -0.25) is 0 Å². The zero-order chi connectivity index (χ0) is 13.0. The minimum absolute atomic E-state index is 0.257. The molecule has 0 amide bonds. The van der Waals surface area contributed by atoms with Gasteiger partial charge in [-0.15, -0.1) is 0 Å². The van der Waals surface area contributed by atoms with Crippen molar-refractivity contribution < 1.29 is 14.6 Å². The molecule has 0 radical (unpaired) electrons. The van der Waals surface area contributed by atoms with Crippen molar-refractivity contribution in [2.45, 2.75) is 39.7 Å². The summed E-state index contributed by atoms with van der Waals surface area (Å²) in [5, 5.41) is 9.88. The van der Waals surface area contributed by atoms with Crippen LogP contribution >= 0.6 is 0 Å². The van der Waals surface area contributed by atoms with Crippen LogP contribution < -0.4 is 0 Å². The molecule has 94 valence electrons. The number of aliphatic hydroxyl groups is 1. The smallest absolute Gasteiger partial charge is 0.335 e. The van der Waals surface area contributed by atoms with Gasteiger partial charge in [0.05, 0.1) is 6.61 Å². The summed E-state index contributed by atoms with van der Waals surface area (Å²) >= 11 is 0. The summed E-state index contributed by atoms with van der Waals surface area (Å²) < 4.78 is 4.82. The Hall–Kier alpha value is -1.35. The van der Waals surface area contributed by atoms with Gasteiger partial charge in [0.25, 0.3) is 0 Å². The second kappa shape index (κ2) is 5.82. The Morgan fingerprint density at radius 3 is 2.29 bits per heavy atom. The highest BCUT2D eigenvalue weighted by atomic mass is 16.5. The van der Waals surface area contributed by atoms with Gasteiger partial charge in [0.15, 0.2) is 6.10 Å². The van der Waals surface area contributed by atoms with Gasteiger partial charge in [0.2, 0.25) is 0 Å². The van der Waals surface area contributed by atoms with Gasteiger partial charge in [-0.1, -0.05) is 36.2 Å². The van der Waals surface area contributed by atoms with E-state index < -0.39 is 12.1 Å². The zero-order valence-electron chi connectivity index (χ0n) is 10.9. The Balaban J connectivity index is 2.87. The maximum Gasteiger partial charge on any atom is 0.335 e. The first-order chi connectivity index (χ1) is 7.95. The van der Waals surface area contributed by atoms with Crippen LogP contribution in [0.2, 0.25) is 0 Å². The number of rotatable bonds is 4. The van der Waals surface area contributed by atoms with Crippen molar-refractivity contribution in [3.05, 3.63) is 34.9 Å². The molecule has 0 heterocycles. The van der Waals surface area contributed by atoms with Crippen LogP contribution in [0.5, 0.6) is 0 Å². The summed E-state index contributed by atoms with van der Waals surface area (Å²) in [6, 6.07) is 6.03. The van der Waals surface area contributed by atoms with Crippen molar-refractivity contribution in [1.82, 2.24) is 0 Å². The lowest BCUT2D eigenvalue weighted by molar-refractivity contribution is -0.154. The van der Waals surface area contributed by atoms with Gasteiger partial charge in [0, 0.05) is 5.92 Å². The molecule has 0 saturated carbocycles. The molecule has 0 aliphatic carbocycles. The number of carbonyl (C=O) groups is 1. The van der Waals surface area contributed by atoms with Gasteiger partial charge in [-0.2, -0.15) is 0 Å². The summed E-state index contributed by atoms with van der Waals surface area (Å²) in [4.78, 5) is 11.5. The largest absolute Gasteiger partial charge is 0.464 e. The number of esters is 1. The molecule has 0 bridgehead atoms. The first-order valence-corrected chi connectivity index (χ1v) is 5.88. The molecule has 0 fully saturated rings. The van der Waals surface area contributed by atoms with Gasteiger partial charge in [0.1, 0.15) is 0 Å². The van der Waals surface area contributed by atoms with E-state index in [1.165, 1.54) is 0 Å². The van der Waals surface area contributed by atoms with Gasteiger partial charge in [-0.05, 0) is 26.3 Å². The lowest BCUT2D eigenvalue weighted by atomic mass is 9.92. The highest BCUT2D eigenvalue weighted by molar-refractivity contribution is 5.75. The van der Waals surface area contributed by atoms with Crippen LogP contribution in [0, 0.1) is 13.8 Å². The van der Waals surface area contributed by atoms with E-state index in [9.17, 15) is 9.90 Å². The number of hydrogen-bond donors (Lipinski definition) is 1. The number of ether oxygens (including phenoxy) is 1. The molecule has 0 spiro atoms. The average Bonchev–Trinajstić information content (AvgIpc) is 2.26. The molecule has 0 saturated heterocycles. The summed E-state index contributed by atoms with van der Waals surface area (Å²) in [5.41, 5.74) is 3.22. The third kappa shape index (κ3) is 3.56. The number of aliphatic hydroxyl groups excluding tert-OH is 1. The fourth-order valence-corrected chi connectivity index (χ4v) is 1.89.